The highest BCUT2D eigenvalue weighted by Gasteiger charge is 2.11. The zero-order valence-electron chi connectivity index (χ0n) is 14.8. The van der Waals surface area contributed by atoms with Gasteiger partial charge in [-0.2, -0.15) is 0 Å². The summed E-state index contributed by atoms with van der Waals surface area (Å²) in [5, 5.41) is 3.04. The maximum absolute atomic E-state index is 6.12. The molecular weight excluding hydrogens is 294 g/mol. The van der Waals surface area contributed by atoms with Crippen LogP contribution in [-0.4, -0.2) is 32.6 Å². The van der Waals surface area contributed by atoms with Crippen LogP contribution >= 0.6 is 0 Å². The first-order chi connectivity index (χ1) is 11.5. The van der Waals surface area contributed by atoms with Gasteiger partial charge in [-0.25, -0.2) is 0 Å². The highest BCUT2D eigenvalue weighted by atomic mass is 15.1. The van der Waals surface area contributed by atoms with Crippen molar-refractivity contribution in [3.8, 4) is 0 Å². The Balaban J connectivity index is 2.18. The second kappa shape index (κ2) is 8.37. The first kappa shape index (κ1) is 17.8. The molecule has 0 radical (unpaired) electrons. The molecule has 3 nitrogen and oxygen atoms in total. The third-order valence-corrected chi connectivity index (χ3v) is 3.99. The minimum atomic E-state index is 0.669. The van der Waals surface area contributed by atoms with E-state index in [4.69, 9.17) is 5.73 Å². The lowest BCUT2D eigenvalue weighted by atomic mass is 9.96. The van der Waals surface area contributed by atoms with E-state index < -0.39 is 0 Å². The van der Waals surface area contributed by atoms with Crippen molar-refractivity contribution in [3.05, 3.63) is 89.3 Å². The Morgan fingerprint density at radius 2 is 1.58 bits per heavy atom. The second-order valence-corrected chi connectivity index (χ2v) is 6.22. The zero-order chi connectivity index (χ0) is 17.5. The van der Waals surface area contributed by atoms with E-state index in [2.05, 4.69) is 65.3 Å². The fourth-order valence-electron chi connectivity index (χ4n) is 2.64. The molecular formula is C21H27N3. The van der Waals surface area contributed by atoms with E-state index in [1.807, 2.05) is 27.2 Å². The van der Waals surface area contributed by atoms with Gasteiger partial charge < -0.3 is 16.0 Å². The van der Waals surface area contributed by atoms with E-state index >= 15 is 0 Å². The quantitative estimate of drug-likeness (QED) is 0.769. The molecule has 2 aromatic carbocycles. The van der Waals surface area contributed by atoms with Gasteiger partial charge in [-0.3, -0.25) is 0 Å². The van der Waals surface area contributed by atoms with E-state index in [0.29, 0.717) is 5.82 Å². The summed E-state index contributed by atoms with van der Waals surface area (Å²) >= 11 is 0. The van der Waals surface area contributed by atoms with E-state index in [-0.39, 0.29) is 0 Å². The van der Waals surface area contributed by atoms with Crippen LogP contribution in [0.3, 0.4) is 0 Å². The Kier molecular flexibility index (Phi) is 6.21. The molecule has 0 saturated heterocycles. The maximum Gasteiger partial charge on any atom is 0.101 e. The average Bonchev–Trinajstić information content (AvgIpc) is 2.60. The van der Waals surface area contributed by atoms with Crippen molar-refractivity contribution in [2.45, 2.75) is 6.42 Å². The third-order valence-electron chi connectivity index (χ3n) is 3.99. The van der Waals surface area contributed by atoms with E-state index in [1.165, 1.54) is 11.1 Å². The highest BCUT2D eigenvalue weighted by molar-refractivity contribution is 5.78. The molecule has 24 heavy (non-hydrogen) atoms. The van der Waals surface area contributed by atoms with Gasteiger partial charge in [-0.15, -0.1) is 0 Å². The molecule has 0 amide bonds. The third kappa shape index (κ3) is 4.74. The van der Waals surface area contributed by atoms with Gasteiger partial charge in [0.2, 0.25) is 0 Å². The molecule has 0 aromatic heterocycles. The van der Waals surface area contributed by atoms with Crippen LogP contribution in [0.15, 0.2) is 72.6 Å². The van der Waals surface area contributed by atoms with Crippen LogP contribution in [0, 0.1) is 0 Å². The SMILES string of the molecule is C=C(/C(CN(C)C)=C(/N)NC)c1ccc(Cc2ccccc2)cc1. The fourth-order valence-corrected chi connectivity index (χ4v) is 2.64. The number of nitrogens with one attached hydrogen (secondary N) is 1. The molecule has 0 aliphatic rings. The Morgan fingerprint density at radius 3 is 2.12 bits per heavy atom. The molecule has 3 N–H and O–H groups in total. The Morgan fingerprint density at radius 1 is 1.00 bits per heavy atom. The number of hydrogen-bond donors (Lipinski definition) is 2. The van der Waals surface area contributed by atoms with Crippen LogP contribution in [-0.2, 0) is 6.42 Å². The predicted molar refractivity (Wildman–Crippen MR) is 104 cm³/mol. The first-order valence-corrected chi connectivity index (χ1v) is 8.15. The summed E-state index contributed by atoms with van der Waals surface area (Å²) in [6, 6.07) is 19.1. The Labute approximate surface area is 145 Å². The van der Waals surface area contributed by atoms with Gasteiger partial charge in [0.1, 0.15) is 5.82 Å². The van der Waals surface area contributed by atoms with Crippen LogP contribution in [0.1, 0.15) is 16.7 Å². The highest BCUT2D eigenvalue weighted by Crippen LogP contribution is 2.23. The molecule has 0 aliphatic heterocycles. The van der Waals surface area contributed by atoms with Crippen molar-refractivity contribution in [1.29, 1.82) is 0 Å². The molecule has 126 valence electrons. The van der Waals surface area contributed by atoms with Crippen molar-refractivity contribution in [1.82, 2.24) is 10.2 Å². The van der Waals surface area contributed by atoms with Crippen molar-refractivity contribution in [2.75, 3.05) is 27.7 Å². The summed E-state index contributed by atoms with van der Waals surface area (Å²) in [6.45, 7) is 5.00. The molecule has 0 atom stereocenters. The van der Waals surface area contributed by atoms with E-state index in [1.54, 1.807) is 0 Å². The molecule has 2 rings (SSSR count). The molecule has 0 unspecified atom stereocenters. The van der Waals surface area contributed by atoms with Crippen molar-refractivity contribution in [3.63, 3.8) is 0 Å². The predicted octanol–water partition coefficient (Wildman–Crippen LogP) is 3.24. The number of nitrogens with zero attached hydrogens (tertiary/aromatic N) is 1. The van der Waals surface area contributed by atoms with Gasteiger partial charge in [-0.05, 0) is 42.8 Å². The van der Waals surface area contributed by atoms with Gasteiger partial charge in [0, 0.05) is 19.2 Å². The summed E-state index contributed by atoms with van der Waals surface area (Å²) in [5.41, 5.74) is 11.8. The number of rotatable bonds is 7. The topological polar surface area (TPSA) is 41.3 Å². The van der Waals surface area contributed by atoms with Crippen LogP contribution in [0.4, 0.5) is 0 Å². The van der Waals surface area contributed by atoms with E-state index in [0.717, 1.165) is 29.7 Å². The van der Waals surface area contributed by atoms with Crippen LogP contribution < -0.4 is 11.1 Å². The smallest absolute Gasteiger partial charge is 0.101 e. The average molecular weight is 321 g/mol. The molecule has 3 heteroatoms. The molecule has 2 aromatic rings. The lowest BCUT2D eigenvalue weighted by molar-refractivity contribution is 0.447. The largest absolute Gasteiger partial charge is 0.385 e. The van der Waals surface area contributed by atoms with Crippen LogP contribution in [0.25, 0.3) is 5.57 Å². The second-order valence-electron chi connectivity index (χ2n) is 6.22. The van der Waals surface area contributed by atoms with Gasteiger partial charge in [0.25, 0.3) is 0 Å². The number of nitrogens with two attached hydrogens (primary N) is 1. The summed E-state index contributed by atoms with van der Waals surface area (Å²) in [5.74, 6) is 0.669. The molecule has 0 saturated carbocycles. The number of hydrogen-bond acceptors (Lipinski definition) is 3. The fraction of sp³-hybridized carbons (Fsp3) is 0.238. The normalized spacial score (nSPS) is 12.0. The molecule has 0 fully saturated rings. The van der Waals surface area contributed by atoms with Gasteiger partial charge in [-0.1, -0.05) is 61.2 Å². The van der Waals surface area contributed by atoms with Crippen LogP contribution in [0.2, 0.25) is 0 Å². The minimum absolute atomic E-state index is 0.669. The molecule has 0 aliphatic carbocycles. The van der Waals surface area contributed by atoms with E-state index in [9.17, 15) is 0 Å². The summed E-state index contributed by atoms with van der Waals surface area (Å²) in [6.07, 6.45) is 0.937. The van der Waals surface area contributed by atoms with Crippen molar-refractivity contribution < 1.29 is 0 Å². The Hall–Kier alpha value is -2.52. The monoisotopic (exact) mass is 321 g/mol. The van der Waals surface area contributed by atoms with Crippen molar-refractivity contribution >= 4 is 5.57 Å². The molecule has 0 heterocycles. The molecule has 0 bridgehead atoms. The standard InChI is InChI=1S/C21H27N3/c1-16(20(15-24(3)4)21(22)23-2)19-12-10-18(11-13-19)14-17-8-6-5-7-9-17/h5-13,23H,1,14-15,22H2,2-4H3/b21-20-. The summed E-state index contributed by atoms with van der Waals surface area (Å²) in [7, 11) is 5.89. The summed E-state index contributed by atoms with van der Waals surface area (Å²) in [4.78, 5) is 2.09. The number of benzene rings is 2. The number of likely N-dealkylation sites (N-methyl/N-ethyl adjacent to an activating group) is 1. The Bertz CT molecular complexity index is 698. The van der Waals surface area contributed by atoms with Gasteiger partial charge in [0.15, 0.2) is 0 Å². The zero-order valence-corrected chi connectivity index (χ0v) is 14.8. The van der Waals surface area contributed by atoms with Gasteiger partial charge >= 0.3 is 0 Å². The maximum atomic E-state index is 6.12. The van der Waals surface area contributed by atoms with Gasteiger partial charge in [0.05, 0.1) is 0 Å². The van der Waals surface area contributed by atoms with Crippen LogP contribution in [0.5, 0.6) is 0 Å². The summed E-state index contributed by atoms with van der Waals surface area (Å²) < 4.78 is 0. The molecule has 0 spiro atoms. The lowest BCUT2D eigenvalue weighted by Gasteiger charge is -2.19. The minimum Gasteiger partial charge on any atom is -0.385 e. The lowest BCUT2D eigenvalue weighted by Crippen LogP contribution is -2.24. The first-order valence-electron chi connectivity index (χ1n) is 8.15. The van der Waals surface area contributed by atoms with Crippen molar-refractivity contribution in [2.24, 2.45) is 5.73 Å².